The molecule has 1 heterocycles. The minimum atomic E-state index is -0.313. The zero-order valence-corrected chi connectivity index (χ0v) is 17.2. The first-order chi connectivity index (χ1) is 12.8. The van der Waals surface area contributed by atoms with E-state index in [0.29, 0.717) is 37.1 Å². The van der Waals surface area contributed by atoms with Crippen LogP contribution in [0.1, 0.15) is 39.2 Å². The monoisotopic (exact) mass is 376 g/mol. The first kappa shape index (κ1) is 21.1. The molecule has 2 rings (SSSR count). The number of amides is 2. The van der Waals surface area contributed by atoms with Crippen molar-refractivity contribution in [1.29, 1.82) is 0 Å². The first-order valence-electron chi connectivity index (χ1n) is 9.56. The summed E-state index contributed by atoms with van der Waals surface area (Å²) in [5, 5.41) is 3.03. The Morgan fingerprint density at radius 3 is 2.41 bits per heavy atom. The molecule has 2 atom stereocenters. The zero-order valence-electron chi connectivity index (χ0n) is 17.2. The van der Waals surface area contributed by atoms with Crippen molar-refractivity contribution >= 4 is 11.8 Å². The summed E-state index contributed by atoms with van der Waals surface area (Å²) in [6, 6.07) is 5.60. The van der Waals surface area contributed by atoms with E-state index in [-0.39, 0.29) is 29.6 Å². The number of carbonyl (C=O) groups excluding carboxylic acids is 2. The molecule has 0 radical (unpaired) electrons. The van der Waals surface area contributed by atoms with Crippen molar-refractivity contribution in [2.75, 3.05) is 33.9 Å². The molecule has 0 spiro atoms. The molecule has 2 unspecified atom stereocenters. The summed E-state index contributed by atoms with van der Waals surface area (Å²) in [5.41, 5.74) is 0.903. The minimum Gasteiger partial charge on any atom is -0.497 e. The molecule has 6 heteroatoms. The highest BCUT2D eigenvalue weighted by Gasteiger charge is 2.42. The van der Waals surface area contributed by atoms with E-state index in [4.69, 9.17) is 9.47 Å². The maximum atomic E-state index is 12.9. The van der Waals surface area contributed by atoms with Crippen LogP contribution in [0, 0.1) is 17.8 Å². The summed E-state index contributed by atoms with van der Waals surface area (Å²) in [6.07, 6.45) is 0. The lowest BCUT2D eigenvalue weighted by atomic mass is 9.87. The van der Waals surface area contributed by atoms with Crippen LogP contribution in [0.25, 0.3) is 0 Å². The second-order valence-corrected chi connectivity index (χ2v) is 7.86. The zero-order chi connectivity index (χ0) is 20.1. The van der Waals surface area contributed by atoms with Crippen LogP contribution in [0.5, 0.6) is 11.5 Å². The second-order valence-electron chi connectivity index (χ2n) is 7.86. The molecule has 0 aromatic heterocycles. The Balaban J connectivity index is 2.36. The van der Waals surface area contributed by atoms with E-state index < -0.39 is 0 Å². The number of nitrogens with one attached hydrogen (secondary N) is 1. The molecular formula is C21H32N2O4. The standard InChI is InChI=1S/C21H32N2O4/c1-13(2)10-22-20(24)18-12-23(21(25)14(3)4)11-17(18)16-9-15(26-5)7-8-19(16)27-6/h7-9,13-14,17-18H,10-12H2,1-6H3,(H,22,24). The van der Waals surface area contributed by atoms with Crippen molar-refractivity contribution in [1.82, 2.24) is 10.2 Å². The van der Waals surface area contributed by atoms with E-state index in [9.17, 15) is 9.59 Å². The Hall–Kier alpha value is -2.24. The summed E-state index contributed by atoms with van der Waals surface area (Å²) in [5.74, 6) is 1.29. The van der Waals surface area contributed by atoms with Crippen LogP contribution in [0.2, 0.25) is 0 Å². The lowest BCUT2D eigenvalue weighted by Gasteiger charge is -2.21. The van der Waals surface area contributed by atoms with Gasteiger partial charge in [0.15, 0.2) is 0 Å². The number of methoxy groups -OCH3 is 2. The van der Waals surface area contributed by atoms with Crippen LogP contribution >= 0.6 is 0 Å². The van der Waals surface area contributed by atoms with E-state index in [1.54, 1.807) is 19.1 Å². The number of hydrogen-bond acceptors (Lipinski definition) is 4. The number of benzene rings is 1. The highest BCUT2D eigenvalue weighted by Crippen LogP contribution is 2.39. The number of rotatable bonds is 7. The molecule has 1 N–H and O–H groups in total. The average Bonchev–Trinajstić information content (AvgIpc) is 3.09. The molecule has 1 saturated heterocycles. The average molecular weight is 376 g/mol. The van der Waals surface area contributed by atoms with Crippen molar-refractivity contribution in [2.24, 2.45) is 17.8 Å². The van der Waals surface area contributed by atoms with Gasteiger partial charge in [-0.3, -0.25) is 9.59 Å². The Morgan fingerprint density at radius 2 is 1.85 bits per heavy atom. The summed E-state index contributed by atoms with van der Waals surface area (Å²) in [6.45, 7) is 9.44. The molecule has 27 heavy (non-hydrogen) atoms. The molecule has 1 aliphatic heterocycles. The van der Waals surface area contributed by atoms with Gasteiger partial charge in [-0.15, -0.1) is 0 Å². The van der Waals surface area contributed by atoms with Crippen molar-refractivity contribution in [3.05, 3.63) is 23.8 Å². The second kappa shape index (κ2) is 9.11. The van der Waals surface area contributed by atoms with Gasteiger partial charge < -0.3 is 19.7 Å². The Kier molecular flexibility index (Phi) is 7.11. The predicted molar refractivity (Wildman–Crippen MR) is 105 cm³/mol. The van der Waals surface area contributed by atoms with E-state index in [1.165, 1.54) is 0 Å². The quantitative estimate of drug-likeness (QED) is 0.794. The largest absolute Gasteiger partial charge is 0.497 e. The lowest BCUT2D eigenvalue weighted by Crippen LogP contribution is -2.37. The van der Waals surface area contributed by atoms with Crippen molar-refractivity contribution in [2.45, 2.75) is 33.6 Å². The number of hydrogen-bond donors (Lipinski definition) is 1. The van der Waals surface area contributed by atoms with Crippen molar-refractivity contribution < 1.29 is 19.1 Å². The van der Waals surface area contributed by atoms with Gasteiger partial charge in [-0.25, -0.2) is 0 Å². The maximum Gasteiger partial charge on any atom is 0.225 e. The smallest absolute Gasteiger partial charge is 0.225 e. The van der Waals surface area contributed by atoms with Gasteiger partial charge >= 0.3 is 0 Å². The van der Waals surface area contributed by atoms with E-state index in [0.717, 1.165) is 5.56 Å². The van der Waals surface area contributed by atoms with Crippen LogP contribution in [0.4, 0.5) is 0 Å². The van der Waals surface area contributed by atoms with Crippen LogP contribution in [0.15, 0.2) is 18.2 Å². The molecule has 2 amide bonds. The molecule has 6 nitrogen and oxygen atoms in total. The maximum absolute atomic E-state index is 12.9. The fraction of sp³-hybridized carbons (Fsp3) is 0.619. The molecule has 150 valence electrons. The van der Waals surface area contributed by atoms with Crippen molar-refractivity contribution in [3.8, 4) is 11.5 Å². The van der Waals surface area contributed by atoms with Crippen LogP contribution in [-0.4, -0.2) is 50.6 Å². The molecule has 1 fully saturated rings. The van der Waals surface area contributed by atoms with Gasteiger partial charge in [-0.1, -0.05) is 27.7 Å². The number of nitrogens with zero attached hydrogens (tertiary/aromatic N) is 1. The molecular weight excluding hydrogens is 344 g/mol. The third-order valence-electron chi connectivity index (χ3n) is 4.98. The highest BCUT2D eigenvalue weighted by molar-refractivity contribution is 5.84. The fourth-order valence-electron chi connectivity index (χ4n) is 3.49. The number of ether oxygens (including phenoxy) is 2. The summed E-state index contributed by atoms with van der Waals surface area (Å²) < 4.78 is 10.9. The third-order valence-corrected chi connectivity index (χ3v) is 4.98. The van der Waals surface area contributed by atoms with Gasteiger partial charge in [-0.2, -0.15) is 0 Å². The fourth-order valence-corrected chi connectivity index (χ4v) is 3.49. The van der Waals surface area contributed by atoms with Crippen LogP contribution in [0.3, 0.4) is 0 Å². The highest BCUT2D eigenvalue weighted by atomic mass is 16.5. The molecule has 0 aliphatic carbocycles. The molecule has 1 aromatic carbocycles. The van der Waals surface area contributed by atoms with Gasteiger partial charge in [-0.05, 0) is 24.1 Å². The Morgan fingerprint density at radius 1 is 1.15 bits per heavy atom. The lowest BCUT2D eigenvalue weighted by molar-refractivity contribution is -0.133. The predicted octanol–water partition coefficient (Wildman–Crippen LogP) is 2.67. The van der Waals surface area contributed by atoms with Gasteiger partial charge in [0.2, 0.25) is 11.8 Å². The van der Waals surface area contributed by atoms with Gasteiger partial charge in [0, 0.05) is 37.0 Å². The molecule has 1 aliphatic rings. The molecule has 0 bridgehead atoms. The topological polar surface area (TPSA) is 67.9 Å². The molecule has 0 saturated carbocycles. The normalized spacial score (nSPS) is 19.5. The first-order valence-corrected chi connectivity index (χ1v) is 9.56. The number of likely N-dealkylation sites (tertiary alicyclic amines) is 1. The minimum absolute atomic E-state index is 0.0161. The summed E-state index contributed by atoms with van der Waals surface area (Å²) >= 11 is 0. The van der Waals surface area contributed by atoms with E-state index in [1.807, 2.05) is 32.0 Å². The van der Waals surface area contributed by atoms with Gasteiger partial charge in [0.25, 0.3) is 0 Å². The third kappa shape index (κ3) is 4.93. The Labute approximate surface area is 162 Å². The SMILES string of the molecule is COc1ccc(OC)c(C2CN(C(=O)C(C)C)CC2C(=O)NCC(C)C)c1. The van der Waals surface area contributed by atoms with Crippen LogP contribution < -0.4 is 14.8 Å². The van der Waals surface area contributed by atoms with Crippen molar-refractivity contribution in [3.63, 3.8) is 0 Å². The van der Waals surface area contributed by atoms with E-state index in [2.05, 4.69) is 19.2 Å². The summed E-state index contributed by atoms with van der Waals surface area (Å²) in [4.78, 5) is 27.3. The number of carbonyl (C=O) groups is 2. The van der Waals surface area contributed by atoms with E-state index >= 15 is 0 Å². The Bertz CT molecular complexity index is 672. The van der Waals surface area contributed by atoms with Gasteiger partial charge in [0.05, 0.1) is 20.1 Å². The summed E-state index contributed by atoms with van der Waals surface area (Å²) in [7, 11) is 3.23. The van der Waals surface area contributed by atoms with Crippen LogP contribution in [-0.2, 0) is 9.59 Å². The molecule has 1 aromatic rings. The van der Waals surface area contributed by atoms with Gasteiger partial charge in [0.1, 0.15) is 11.5 Å².